The van der Waals surface area contributed by atoms with Gasteiger partial charge in [0.25, 0.3) is 0 Å². The summed E-state index contributed by atoms with van der Waals surface area (Å²) in [5.41, 5.74) is 0. The molecule has 1 aliphatic carbocycles. The van der Waals surface area contributed by atoms with Crippen LogP contribution in [0.5, 0.6) is 0 Å². The van der Waals surface area contributed by atoms with Crippen molar-refractivity contribution in [1.29, 1.82) is 0 Å². The van der Waals surface area contributed by atoms with E-state index in [2.05, 4.69) is 10.6 Å². The Morgan fingerprint density at radius 1 is 1.44 bits per heavy atom. The molecule has 0 bridgehead atoms. The molecule has 92 valence electrons. The average molecular weight is 228 g/mol. The summed E-state index contributed by atoms with van der Waals surface area (Å²) in [6, 6.07) is 0.0351. The van der Waals surface area contributed by atoms with Crippen LogP contribution in [0.1, 0.15) is 26.2 Å². The molecule has 1 aliphatic rings. The Morgan fingerprint density at radius 2 is 2.12 bits per heavy atom. The van der Waals surface area contributed by atoms with Crippen molar-refractivity contribution in [1.82, 2.24) is 10.6 Å². The minimum atomic E-state index is -0.750. The summed E-state index contributed by atoms with van der Waals surface area (Å²) < 4.78 is 0. The summed E-state index contributed by atoms with van der Waals surface area (Å²) in [6.45, 7) is 2.50. The number of amides is 1. The molecule has 0 saturated heterocycles. The number of nitrogens with one attached hydrogen (secondary N) is 2. The second-order valence-electron chi connectivity index (χ2n) is 4.51. The molecule has 5 nitrogen and oxygen atoms in total. The van der Waals surface area contributed by atoms with E-state index in [4.69, 9.17) is 5.11 Å². The third kappa shape index (κ3) is 3.48. The molecule has 1 saturated carbocycles. The zero-order valence-electron chi connectivity index (χ0n) is 9.82. The Morgan fingerprint density at radius 3 is 2.62 bits per heavy atom. The highest BCUT2D eigenvalue weighted by Gasteiger charge is 2.31. The van der Waals surface area contributed by atoms with E-state index in [0.717, 1.165) is 6.42 Å². The van der Waals surface area contributed by atoms with Gasteiger partial charge in [-0.1, -0.05) is 6.92 Å². The van der Waals surface area contributed by atoms with Crippen molar-refractivity contribution in [2.75, 3.05) is 13.6 Å². The molecule has 0 aromatic rings. The molecule has 0 aliphatic heterocycles. The fraction of sp³-hybridized carbons (Fsp3) is 0.818. The summed E-state index contributed by atoms with van der Waals surface area (Å²) in [7, 11) is 1.81. The van der Waals surface area contributed by atoms with E-state index in [1.165, 1.54) is 0 Å². The smallest absolute Gasteiger partial charge is 0.306 e. The molecular formula is C11H20N2O3. The fourth-order valence-electron chi connectivity index (χ4n) is 2.08. The molecule has 0 aromatic heterocycles. The molecule has 16 heavy (non-hydrogen) atoms. The van der Waals surface area contributed by atoms with Gasteiger partial charge in [0.2, 0.25) is 5.91 Å². The first-order valence-electron chi connectivity index (χ1n) is 5.72. The molecular weight excluding hydrogens is 208 g/mol. The predicted molar refractivity (Wildman–Crippen MR) is 60.0 cm³/mol. The van der Waals surface area contributed by atoms with Crippen molar-refractivity contribution in [3.8, 4) is 0 Å². The third-order valence-corrected chi connectivity index (χ3v) is 3.09. The maximum absolute atomic E-state index is 11.7. The monoisotopic (exact) mass is 228 g/mol. The predicted octanol–water partition coefficient (Wildman–Crippen LogP) is 0.211. The van der Waals surface area contributed by atoms with Crippen LogP contribution in [0.2, 0.25) is 0 Å². The van der Waals surface area contributed by atoms with Gasteiger partial charge in [-0.3, -0.25) is 9.59 Å². The molecule has 3 N–H and O–H groups in total. The summed E-state index contributed by atoms with van der Waals surface area (Å²) in [6.07, 6.45) is 2.00. The van der Waals surface area contributed by atoms with Gasteiger partial charge in [0.15, 0.2) is 0 Å². The van der Waals surface area contributed by atoms with Crippen molar-refractivity contribution >= 4 is 11.9 Å². The van der Waals surface area contributed by atoms with Crippen molar-refractivity contribution < 1.29 is 14.7 Å². The number of carbonyl (C=O) groups is 2. The van der Waals surface area contributed by atoms with Gasteiger partial charge in [-0.15, -0.1) is 0 Å². The van der Waals surface area contributed by atoms with Crippen LogP contribution in [0.25, 0.3) is 0 Å². The van der Waals surface area contributed by atoms with Crippen LogP contribution in [0.15, 0.2) is 0 Å². The molecule has 0 heterocycles. The van der Waals surface area contributed by atoms with Crippen molar-refractivity contribution in [2.45, 2.75) is 32.2 Å². The third-order valence-electron chi connectivity index (χ3n) is 3.09. The van der Waals surface area contributed by atoms with Crippen LogP contribution >= 0.6 is 0 Å². The zero-order valence-corrected chi connectivity index (χ0v) is 9.82. The number of carbonyl (C=O) groups excluding carboxylic acids is 1. The Bertz CT molecular complexity index is 268. The maximum Gasteiger partial charge on any atom is 0.306 e. The number of hydrogen-bond acceptors (Lipinski definition) is 3. The number of rotatable bonds is 5. The fourth-order valence-corrected chi connectivity index (χ4v) is 2.08. The van der Waals surface area contributed by atoms with E-state index in [1.807, 2.05) is 6.92 Å². The number of aliphatic carboxylic acids is 1. The maximum atomic E-state index is 11.7. The summed E-state index contributed by atoms with van der Waals surface area (Å²) in [5, 5.41) is 14.7. The molecule has 1 unspecified atom stereocenters. The summed E-state index contributed by atoms with van der Waals surface area (Å²) in [5.74, 6) is -1.11. The van der Waals surface area contributed by atoms with Crippen LogP contribution in [0.4, 0.5) is 0 Å². The topological polar surface area (TPSA) is 78.4 Å². The Hall–Kier alpha value is -1.10. The second-order valence-corrected chi connectivity index (χ2v) is 4.51. The van der Waals surface area contributed by atoms with Gasteiger partial charge in [0.1, 0.15) is 0 Å². The minimum Gasteiger partial charge on any atom is -0.481 e. The lowest BCUT2D eigenvalue weighted by molar-refractivity contribution is -0.141. The van der Waals surface area contributed by atoms with Crippen molar-refractivity contribution in [3.63, 3.8) is 0 Å². The largest absolute Gasteiger partial charge is 0.481 e. The van der Waals surface area contributed by atoms with Gasteiger partial charge in [0.05, 0.1) is 5.92 Å². The van der Waals surface area contributed by atoms with Crippen LogP contribution < -0.4 is 10.6 Å². The molecule has 5 heteroatoms. The van der Waals surface area contributed by atoms with Gasteiger partial charge in [-0.2, -0.15) is 0 Å². The Labute approximate surface area is 95.6 Å². The molecule has 0 radical (unpaired) electrons. The molecule has 1 fully saturated rings. The highest BCUT2D eigenvalue weighted by atomic mass is 16.4. The highest BCUT2D eigenvalue weighted by molar-refractivity contribution is 5.79. The molecule has 1 rings (SSSR count). The SMILES string of the molecule is CNCC(C)C(=O)N[C@H]1CC[C@@H](C(=O)O)C1. The first-order valence-corrected chi connectivity index (χ1v) is 5.72. The Balaban J connectivity index is 2.33. The Kier molecular flexibility index (Phi) is 4.73. The first-order chi connectivity index (χ1) is 7.54. The van der Waals surface area contributed by atoms with Crippen molar-refractivity contribution in [2.24, 2.45) is 11.8 Å². The van der Waals surface area contributed by atoms with Crippen LogP contribution in [-0.4, -0.2) is 36.6 Å². The van der Waals surface area contributed by atoms with E-state index in [-0.39, 0.29) is 23.8 Å². The van der Waals surface area contributed by atoms with Crippen molar-refractivity contribution in [3.05, 3.63) is 0 Å². The van der Waals surface area contributed by atoms with Gasteiger partial charge < -0.3 is 15.7 Å². The first kappa shape index (κ1) is 13.0. The number of carboxylic acids is 1. The van der Waals surface area contributed by atoms with Gasteiger partial charge in [0, 0.05) is 18.5 Å². The van der Waals surface area contributed by atoms with E-state index in [1.54, 1.807) is 7.05 Å². The van der Waals surface area contributed by atoms with Crippen LogP contribution in [0.3, 0.4) is 0 Å². The van der Waals surface area contributed by atoms with E-state index < -0.39 is 5.97 Å². The van der Waals surface area contributed by atoms with E-state index >= 15 is 0 Å². The van der Waals surface area contributed by atoms with E-state index in [9.17, 15) is 9.59 Å². The lowest BCUT2D eigenvalue weighted by atomic mass is 10.1. The minimum absolute atomic E-state index is 0.00499. The van der Waals surface area contributed by atoms with Gasteiger partial charge in [-0.25, -0.2) is 0 Å². The molecule has 0 spiro atoms. The average Bonchev–Trinajstić information content (AvgIpc) is 2.66. The van der Waals surface area contributed by atoms with Crippen LogP contribution in [0, 0.1) is 11.8 Å². The second kappa shape index (κ2) is 5.84. The normalized spacial score (nSPS) is 26.4. The number of carboxylic acid groups (broad SMARTS) is 1. The highest BCUT2D eigenvalue weighted by Crippen LogP contribution is 2.25. The summed E-state index contributed by atoms with van der Waals surface area (Å²) >= 11 is 0. The van der Waals surface area contributed by atoms with Crippen LogP contribution in [-0.2, 0) is 9.59 Å². The van der Waals surface area contributed by atoms with E-state index in [0.29, 0.717) is 19.4 Å². The lowest BCUT2D eigenvalue weighted by Crippen LogP contribution is -2.39. The lowest BCUT2D eigenvalue weighted by Gasteiger charge is -2.16. The quantitative estimate of drug-likeness (QED) is 0.628. The van der Waals surface area contributed by atoms with Gasteiger partial charge in [-0.05, 0) is 26.3 Å². The van der Waals surface area contributed by atoms with Gasteiger partial charge >= 0.3 is 5.97 Å². The zero-order chi connectivity index (χ0) is 12.1. The summed E-state index contributed by atoms with van der Waals surface area (Å²) in [4.78, 5) is 22.4. The standard InChI is InChI=1S/C11H20N2O3/c1-7(6-12-2)10(14)13-9-4-3-8(5-9)11(15)16/h7-9,12H,3-6H2,1-2H3,(H,13,14)(H,15,16)/t7?,8-,9+/m1/s1. The molecule has 1 amide bonds. The molecule has 0 aromatic carbocycles. The molecule has 3 atom stereocenters. The number of hydrogen-bond donors (Lipinski definition) is 3.